The number of Topliss-reactive ketones (excluding diaryl/α,β-unsaturated/α-hetero) is 1. The Morgan fingerprint density at radius 2 is 1.97 bits per heavy atom. The maximum atomic E-state index is 12.6. The number of aromatic nitrogens is 2. The second-order valence-corrected chi connectivity index (χ2v) is 10.2. The van der Waals surface area contributed by atoms with E-state index in [1.54, 1.807) is 35.6 Å². The second kappa shape index (κ2) is 8.68. The normalized spacial score (nSPS) is 15.0. The van der Waals surface area contributed by atoms with E-state index in [4.69, 9.17) is 14.7 Å². The molecule has 0 spiro atoms. The summed E-state index contributed by atoms with van der Waals surface area (Å²) in [5.74, 6) is 0.918. The molecule has 1 N–H and O–H groups in total. The summed E-state index contributed by atoms with van der Waals surface area (Å²) in [7, 11) is 0. The van der Waals surface area contributed by atoms with E-state index in [9.17, 15) is 9.59 Å². The first-order valence-electron chi connectivity index (χ1n) is 10.2. The van der Waals surface area contributed by atoms with E-state index in [0.717, 1.165) is 33.9 Å². The molecule has 0 radical (unpaired) electrons. The summed E-state index contributed by atoms with van der Waals surface area (Å²) in [6.07, 6.45) is 1.54. The van der Waals surface area contributed by atoms with Gasteiger partial charge < -0.3 is 10.1 Å². The number of nitrogens with zero attached hydrogens (tertiary/aromatic N) is 2. The van der Waals surface area contributed by atoms with Crippen molar-refractivity contribution in [1.82, 2.24) is 9.97 Å². The fraction of sp³-hybridized carbons (Fsp3) is 0.391. The lowest BCUT2D eigenvalue weighted by Gasteiger charge is -2.30. The van der Waals surface area contributed by atoms with Crippen LogP contribution >= 0.6 is 23.1 Å². The van der Waals surface area contributed by atoms with Gasteiger partial charge >= 0.3 is 0 Å². The van der Waals surface area contributed by atoms with E-state index < -0.39 is 0 Å². The number of benzene rings is 1. The molecule has 0 bridgehead atoms. The predicted octanol–water partition coefficient (Wildman–Crippen LogP) is 5.04. The molecular formula is C23H25N3O3S2. The standard InChI is InChI=1S/C23H25N3O3S2/c1-5-18-25-21(20-16-10-23(3,4)29-11-17(16)31-22(20)26-18)30-12-19(28)24-15-8-6-14(7-9-15)13(2)27/h6-9H,5,10-12H2,1-4H3,(H,24,28). The maximum absolute atomic E-state index is 12.6. The molecule has 1 aromatic carbocycles. The molecule has 1 aliphatic heterocycles. The Hall–Kier alpha value is -2.29. The highest BCUT2D eigenvalue weighted by Gasteiger charge is 2.31. The molecule has 0 saturated carbocycles. The van der Waals surface area contributed by atoms with Crippen molar-refractivity contribution in [2.45, 2.75) is 57.8 Å². The first-order chi connectivity index (χ1) is 14.8. The van der Waals surface area contributed by atoms with Crippen LogP contribution in [0.3, 0.4) is 0 Å². The Morgan fingerprint density at radius 1 is 1.23 bits per heavy atom. The third-order valence-corrected chi connectivity index (χ3v) is 7.25. The van der Waals surface area contributed by atoms with Gasteiger partial charge in [-0.25, -0.2) is 9.97 Å². The van der Waals surface area contributed by atoms with Crippen molar-refractivity contribution < 1.29 is 14.3 Å². The number of ketones is 1. The van der Waals surface area contributed by atoms with Crippen molar-refractivity contribution in [1.29, 1.82) is 0 Å². The molecule has 4 rings (SSSR count). The minimum absolute atomic E-state index is 0.000566. The average Bonchev–Trinajstić information content (AvgIpc) is 3.09. The number of amides is 1. The quantitative estimate of drug-likeness (QED) is 0.319. The van der Waals surface area contributed by atoms with Crippen LogP contribution in [0.2, 0.25) is 0 Å². The van der Waals surface area contributed by atoms with Crippen LogP contribution < -0.4 is 5.32 Å². The highest BCUT2D eigenvalue weighted by molar-refractivity contribution is 8.00. The SMILES string of the molecule is CCc1nc(SCC(=O)Nc2ccc(C(C)=O)cc2)c2c3c(sc2n1)COC(C)(C)C3. The molecule has 162 valence electrons. The lowest BCUT2D eigenvalue weighted by Crippen LogP contribution is -2.31. The molecule has 1 amide bonds. The zero-order chi connectivity index (χ0) is 22.2. The third-order valence-electron chi connectivity index (χ3n) is 5.18. The Kier molecular flexibility index (Phi) is 6.14. The van der Waals surface area contributed by atoms with Gasteiger partial charge in [-0.05, 0) is 50.6 Å². The van der Waals surface area contributed by atoms with Gasteiger partial charge in [-0.1, -0.05) is 18.7 Å². The third kappa shape index (κ3) is 4.81. The number of nitrogens with one attached hydrogen (secondary N) is 1. The maximum Gasteiger partial charge on any atom is 0.234 e. The monoisotopic (exact) mass is 455 g/mol. The summed E-state index contributed by atoms with van der Waals surface area (Å²) < 4.78 is 5.98. The number of carbonyl (C=O) groups is 2. The molecule has 2 aromatic heterocycles. The Morgan fingerprint density at radius 3 is 2.65 bits per heavy atom. The second-order valence-electron chi connectivity index (χ2n) is 8.18. The molecule has 0 aliphatic carbocycles. The van der Waals surface area contributed by atoms with Crippen molar-refractivity contribution in [3.63, 3.8) is 0 Å². The summed E-state index contributed by atoms with van der Waals surface area (Å²) in [4.78, 5) is 35.6. The number of thioether (sulfide) groups is 1. The number of anilines is 1. The minimum atomic E-state index is -0.226. The fourth-order valence-electron chi connectivity index (χ4n) is 3.54. The number of carbonyl (C=O) groups excluding carboxylic acids is 2. The number of rotatable bonds is 6. The van der Waals surface area contributed by atoms with E-state index in [2.05, 4.69) is 19.2 Å². The smallest absolute Gasteiger partial charge is 0.234 e. The van der Waals surface area contributed by atoms with E-state index in [0.29, 0.717) is 17.9 Å². The lowest BCUT2D eigenvalue weighted by molar-refractivity contribution is -0.113. The highest BCUT2D eigenvalue weighted by Crippen LogP contribution is 2.41. The van der Waals surface area contributed by atoms with Crippen LogP contribution in [0.5, 0.6) is 0 Å². The van der Waals surface area contributed by atoms with E-state index in [1.165, 1.54) is 29.1 Å². The van der Waals surface area contributed by atoms with Gasteiger partial charge in [0.05, 0.1) is 18.0 Å². The van der Waals surface area contributed by atoms with Gasteiger partial charge in [0, 0.05) is 34.4 Å². The molecule has 0 atom stereocenters. The lowest BCUT2D eigenvalue weighted by atomic mass is 9.95. The van der Waals surface area contributed by atoms with Crippen molar-refractivity contribution >= 4 is 50.7 Å². The molecule has 3 aromatic rings. The van der Waals surface area contributed by atoms with E-state index in [1.807, 2.05) is 6.92 Å². The van der Waals surface area contributed by atoms with Crippen molar-refractivity contribution in [3.8, 4) is 0 Å². The number of thiophene rings is 1. The van der Waals surface area contributed by atoms with Crippen molar-refractivity contribution in [2.75, 3.05) is 11.1 Å². The minimum Gasteiger partial charge on any atom is -0.370 e. The molecule has 0 saturated heterocycles. The number of hydrogen-bond donors (Lipinski definition) is 1. The van der Waals surface area contributed by atoms with Gasteiger partial charge in [-0.2, -0.15) is 0 Å². The highest BCUT2D eigenvalue weighted by atomic mass is 32.2. The van der Waals surface area contributed by atoms with Crippen LogP contribution in [0.4, 0.5) is 5.69 Å². The van der Waals surface area contributed by atoms with Gasteiger partial charge in [0.2, 0.25) is 5.91 Å². The predicted molar refractivity (Wildman–Crippen MR) is 125 cm³/mol. The fourth-order valence-corrected chi connectivity index (χ4v) is 5.60. The topological polar surface area (TPSA) is 81.2 Å². The largest absolute Gasteiger partial charge is 0.370 e. The number of hydrogen-bond acceptors (Lipinski definition) is 7. The van der Waals surface area contributed by atoms with Crippen LogP contribution in [-0.2, 0) is 29.0 Å². The molecule has 1 aliphatic rings. The number of fused-ring (bicyclic) bond motifs is 3. The van der Waals surface area contributed by atoms with Crippen molar-refractivity contribution in [2.24, 2.45) is 0 Å². The Labute approximate surface area is 189 Å². The summed E-state index contributed by atoms with van der Waals surface area (Å²) >= 11 is 3.11. The molecule has 8 heteroatoms. The summed E-state index contributed by atoms with van der Waals surface area (Å²) in [6, 6.07) is 6.92. The molecular weight excluding hydrogens is 430 g/mol. The number of aryl methyl sites for hydroxylation is 1. The molecule has 31 heavy (non-hydrogen) atoms. The Balaban J connectivity index is 1.55. The van der Waals surface area contributed by atoms with Gasteiger partial charge in [-0.15, -0.1) is 11.3 Å². The first kappa shape index (κ1) is 21.9. The first-order valence-corrected chi connectivity index (χ1v) is 12.0. The molecule has 0 unspecified atom stereocenters. The zero-order valence-corrected chi connectivity index (χ0v) is 19.7. The average molecular weight is 456 g/mol. The van der Waals surface area contributed by atoms with E-state index in [-0.39, 0.29) is 23.0 Å². The van der Waals surface area contributed by atoms with Crippen LogP contribution in [0.15, 0.2) is 29.3 Å². The van der Waals surface area contributed by atoms with Gasteiger partial charge in [0.15, 0.2) is 5.78 Å². The van der Waals surface area contributed by atoms with E-state index >= 15 is 0 Å². The van der Waals surface area contributed by atoms with Crippen molar-refractivity contribution in [3.05, 3.63) is 46.1 Å². The molecule has 0 fully saturated rings. The number of ether oxygens (including phenoxy) is 1. The van der Waals surface area contributed by atoms with Gasteiger partial charge in [-0.3, -0.25) is 9.59 Å². The van der Waals surface area contributed by atoms with Crippen LogP contribution in [0, 0.1) is 0 Å². The summed E-state index contributed by atoms with van der Waals surface area (Å²) in [6.45, 7) is 8.34. The summed E-state index contributed by atoms with van der Waals surface area (Å²) in [5, 5.41) is 4.82. The van der Waals surface area contributed by atoms with Crippen LogP contribution in [0.25, 0.3) is 10.2 Å². The zero-order valence-electron chi connectivity index (χ0n) is 18.1. The van der Waals surface area contributed by atoms with Gasteiger partial charge in [0.25, 0.3) is 0 Å². The van der Waals surface area contributed by atoms with Crippen LogP contribution in [-0.4, -0.2) is 33.0 Å². The van der Waals surface area contributed by atoms with Crippen LogP contribution in [0.1, 0.15) is 54.3 Å². The molecule has 6 nitrogen and oxygen atoms in total. The van der Waals surface area contributed by atoms with Gasteiger partial charge in [0.1, 0.15) is 15.7 Å². The summed E-state index contributed by atoms with van der Waals surface area (Å²) in [5.41, 5.74) is 2.32. The molecule has 3 heterocycles. The Bertz CT molecular complexity index is 1150.